The van der Waals surface area contributed by atoms with Gasteiger partial charge in [0.2, 0.25) is 0 Å². The predicted molar refractivity (Wildman–Crippen MR) is 77.1 cm³/mol. The summed E-state index contributed by atoms with van der Waals surface area (Å²) < 4.78 is 20.0. The lowest BCUT2D eigenvalue weighted by atomic mass is 9.89. The molecule has 2 nitrogen and oxygen atoms in total. The van der Waals surface area contributed by atoms with Crippen molar-refractivity contribution in [3.8, 4) is 0 Å². The Balaban J connectivity index is 1.98. The van der Waals surface area contributed by atoms with Gasteiger partial charge in [0.05, 0.1) is 12.7 Å². The van der Waals surface area contributed by atoms with E-state index in [2.05, 4.69) is 17.4 Å². The van der Waals surface area contributed by atoms with E-state index in [1.807, 2.05) is 30.3 Å². The third-order valence-electron chi connectivity index (χ3n) is 3.75. The molecule has 3 heteroatoms. The number of halogens is 1. The van der Waals surface area contributed by atoms with Crippen LogP contribution in [0, 0.1) is 5.82 Å². The van der Waals surface area contributed by atoms with Crippen LogP contribution in [0.5, 0.6) is 0 Å². The smallest absolute Gasteiger partial charge is 0.129 e. The SMILES string of the molecule is Fc1ccccc1C1OCCNCC1c1ccccc1. The highest BCUT2D eigenvalue weighted by atomic mass is 19.1. The minimum atomic E-state index is -0.242. The third kappa shape index (κ3) is 2.74. The topological polar surface area (TPSA) is 21.3 Å². The van der Waals surface area contributed by atoms with Crippen molar-refractivity contribution in [1.82, 2.24) is 5.32 Å². The van der Waals surface area contributed by atoms with Crippen molar-refractivity contribution in [2.75, 3.05) is 19.7 Å². The van der Waals surface area contributed by atoms with Crippen LogP contribution in [0.1, 0.15) is 23.1 Å². The first-order chi connectivity index (χ1) is 9.86. The molecule has 1 saturated heterocycles. The lowest BCUT2D eigenvalue weighted by molar-refractivity contribution is 0.0489. The largest absolute Gasteiger partial charge is 0.371 e. The monoisotopic (exact) mass is 271 g/mol. The van der Waals surface area contributed by atoms with Crippen LogP contribution in [-0.2, 0) is 4.74 Å². The van der Waals surface area contributed by atoms with E-state index in [1.165, 1.54) is 11.6 Å². The second-order valence-corrected chi connectivity index (χ2v) is 5.03. The lowest BCUT2D eigenvalue weighted by Crippen LogP contribution is -2.23. The van der Waals surface area contributed by atoms with Gasteiger partial charge in [-0.05, 0) is 11.6 Å². The fourth-order valence-corrected chi connectivity index (χ4v) is 2.74. The molecule has 2 atom stereocenters. The molecule has 1 N–H and O–H groups in total. The number of benzene rings is 2. The minimum Gasteiger partial charge on any atom is -0.371 e. The van der Waals surface area contributed by atoms with Gasteiger partial charge in [-0.1, -0.05) is 48.5 Å². The molecule has 1 aliphatic heterocycles. The van der Waals surface area contributed by atoms with Crippen LogP contribution < -0.4 is 5.32 Å². The van der Waals surface area contributed by atoms with Crippen LogP contribution in [-0.4, -0.2) is 19.7 Å². The molecular formula is C17H18FNO. The van der Waals surface area contributed by atoms with Gasteiger partial charge in [-0.2, -0.15) is 0 Å². The normalized spacial score (nSPS) is 23.2. The molecule has 0 amide bonds. The van der Waals surface area contributed by atoms with Gasteiger partial charge in [-0.3, -0.25) is 0 Å². The summed E-state index contributed by atoms with van der Waals surface area (Å²) in [6.07, 6.45) is -0.242. The van der Waals surface area contributed by atoms with Crippen LogP contribution >= 0.6 is 0 Å². The van der Waals surface area contributed by atoms with E-state index in [4.69, 9.17) is 4.74 Å². The molecule has 1 heterocycles. The molecule has 0 radical (unpaired) electrons. The highest BCUT2D eigenvalue weighted by Crippen LogP contribution is 2.35. The maximum absolute atomic E-state index is 14.1. The zero-order chi connectivity index (χ0) is 13.8. The first-order valence-corrected chi connectivity index (χ1v) is 6.98. The van der Waals surface area contributed by atoms with Gasteiger partial charge >= 0.3 is 0 Å². The average Bonchev–Trinajstić information content (AvgIpc) is 2.74. The first-order valence-electron chi connectivity index (χ1n) is 6.98. The fraction of sp³-hybridized carbons (Fsp3) is 0.294. The Morgan fingerprint density at radius 3 is 2.55 bits per heavy atom. The van der Waals surface area contributed by atoms with Crippen LogP contribution in [0.2, 0.25) is 0 Å². The van der Waals surface area contributed by atoms with Crippen LogP contribution in [0.25, 0.3) is 0 Å². The Bertz CT molecular complexity index is 558. The molecule has 0 saturated carbocycles. The summed E-state index contributed by atoms with van der Waals surface area (Å²) in [5, 5.41) is 3.37. The average molecular weight is 271 g/mol. The highest BCUT2D eigenvalue weighted by Gasteiger charge is 2.29. The van der Waals surface area contributed by atoms with Crippen molar-refractivity contribution in [3.63, 3.8) is 0 Å². The molecule has 2 aromatic carbocycles. The first kappa shape index (κ1) is 13.3. The van der Waals surface area contributed by atoms with Gasteiger partial charge in [0, 0.05) is 24.6 Å². The van der Waals surface area contributed by atoms with Crippen LogP contribution in [0.4, 0.5) is 4.39 Å². The van der Waals surface area contributed by atoms with Gasteiger partial charge in [-0.25, -0.2) is 4.39 Å². The van der Waals surface area contributed by atoms with E-state index < -0.39 is 0 Å². The van der Waals surface area contributed by atoms with Gasteiger partial charge in [0.15, 0.2) is 0 Å². The van der Waals surface area contributed by atoms with E-state index in [0.29, 0.717) is 12.2 Å². The summed E-state index contributed by atoms with van der Waals surface area (Å²) in [4.78, 5) is 0. The fourth-order valence-electron chi connectivity index (χ4n) is 2.74. The Morgan fingerprint density at radius 1 is 1.00 bits per heavy atom. The molecule has 3 rings (SSSR count). The second-order valence-electron chi connectivity index (χ2n) is 5.03. The molecule has 2 unspecified atom stereocenters. The zero-order valence-electron chi connectivity index (χ0n) is 11.3. The number of rotatable bonds is 2. The Hall–Kier alpha value is -1.71. The minimum absolute atomic E-state index is 0.121. The molecule has 104 valence electrons. The van der Waals surface area contributed by atoms with Gasteiger partial charge < -0.3 is 10.1 Å². The second kappa shape index (κ2) is 6.16. The van der Waals surface area contributed by atoms with E-state index in [-0.39, 0.29) is 17.8 Å². The Kier molecular flexibility index (Phi) is 4.09. The highest BCUT2D eigenvalue weighted by molar-refractivity contribution is 5.28. The predicted octanol–water partition coefficient (Wildman–Crippen LogP) is 3.27. The maximum Gasteiger partial charge on any atom is 0.129 e. The summed E-state index contributed by atoms with van der Waals surface area (Å²) in [6, 6.07) is 17.1. The quantitative estimate of drug-likeness (QED) is 0.905. The molecular weight excluding hydrogens is 253 g/mol. The summed E-state index contributed by atoms with van der Waals surface area (Å²) in [7, 11) is 0. The van der Waals surface area contributed by atoms with Gasteiger partial charge in [-0.15, -0.1) is 0 Å². The van der Waals surface area contributed by atoms with Gasteiger partial charge in [0.25, 0.3) is 0 Å². The molecule has 2 aromatic rings. The van der Waals surface area contributed by atoms with Crippen molar-refractivity contribution in [3.05, 3.63) is 71.5 Å². The molecule has 0 aliphatic carbocycles. The maximum atomic E-state index is 14.1. The summed E-state index contributed by atoms with van der Waals surface area (Å²) in [5.41, 5.74) is 1.82. The van der Waals surface area contributed by atoms with Crippen molar-refractivity contribution in [2.24, 2.45) is 0 Å². The molecule has 0 spiro atoms. The number of nitrogens with one attached hydrogen (secondary N) is 1. The van der Waals surface area contributed by atoms with E-state index in [1.54, 1.807) is 6.07 Å². The third-order valence-corrected chi connectivity index (χ3v) is 3.75. The number of hydrogen-bond donors (Lipinski definition) is 1. The van der Waals surface area contributed by atoms with Crippen molar-refractivity contribution in [2.45, 2.75) is 12.0 Å². The Morgan fingerprint density at radius 2 is 1.75 bits per heavy atom. The van der Waals surface area contributed by atoms with Crippen molar-refractivity contribution in [1.29, 1.82) is 0 Å². The number of ether oxygens (including phenoxy) is 1. The number of hydrogen-bond acceptors (Lipinski definition) is 2. The molecule has 1 fully saturated rings. The van der Waals surface area contributed by atoms with Crippen LogP contribution in [0.3, 0.4) is 0 Å². The summed E-state index contributed by atoms with van der Waals surface area (Å²) >= 11 is 0. The molecule has 0 aromatic heterocycles. The van der Waals surface area contributed by atoms with Gasteiger partial charge in [0.1, 0.15) is 5.82 Å². The lowest BCUT2D eigenvalue weighted by Gasteiger charge is -2.25. The molecule has 1 aliphatic rings. The van der Waals surface area contributed by atoms with E-state index in [9.17, 15) is 4.39 Å². The van der Waals surface area contributed by atoms with E-state index in [0.717, 1.165) is 13.1 Å². The Labute approximate surface area is 118 Å². The zero-order valence-corrected chi connectivity index (χ0v) is 11.3. The van der Waals surface area contributed by atoms with Crippen molar-refractivity contribution >= 4 is 0 Å². The van der Waals surface area contributed by atoms with E-state index >= 15 is 0 Å². The summed E-state index contributed by atoms with van der Waals surface area (Å²) in [6.45, 7) is 2.19. The molecule has 20 heavy (non-hydrogen) atoms. The van der Waals surface area contributed by atoms with Crippen LogP contribution in [0.15, 0.2) is 54.6 Å². The summed E-state index contributed by atoms with van der Waals surface area (Å²) in [5.74, 6) is -0.0732. The van der Waals surface area contributed by atoms with Crippen molar-refractivity contribution < 1.29 is 9.13 Å². The standard InChI is InChI=1S/C17H18FNO/c18-16-9-5-4-8-14(16)17-15(12-19-10-11-20-17)13-6-2-1-3-7-13/h1-9,15,17,19H,10-12H2. The molecule has 0 bridgehead atoms.